The van der Waals surface area contributed by atoms with Gasteiger partial charge in [0.15, 0.2) is 0 Å². The summed E-state index contributed by atoms with van der Waals surface area (Å²) >= 11 is 0. The van der Waals surface area contributed by atoms with Gasteiger partial charge in [-0.25, -0.2) is 0 Å². The second-order valence-corrected chi connectivity index (χ2v) is 35.2. The van der Waals surface area contributed by atoms with E-state index in [2.05, 4.69) is 46.2 Å². The summed E-state index contributed by atoms with van der Waals surface area (Å²) in [4.78, 5) is 188. The molecule has 0 fully saturated rings. The van der Waals surface area contributed by atoms with Crippen LogP contribution in [0.1, 0.15) is 226 Å². The molecule has 6 atom stereocenters. The summed E-state index contributed by atoms with van der Waals surface area (Å²) in [5.74, 6) is -9.97. The number of nitrogens with zero attached hydrogens (tertiary/aromatic N) is 6. The molecule has 25 heteroatoms. The Kier molecular flexibility index (Phi) is 49.3. The number of likely N-dealkylation sites (N-methyl/N-ethyl adjacent to an activating group) is 6. The second kappa shape index (κ2) is 51.9. The molecule has 5 N–H and O–H groups in total. The van der Waals surface area contributed by atoms with Gasteiger partial charge in [-0.2, -0.15) is 0 Å². The SMILES string of the molecule is CCCCNC(=O)C(CC(=O)N(C)CCN(C)CCN(C)C)CC(C)(C)C(=O)CC(CC(C)(C)C(=O)C(CC(=O)NCC(CC)CC)CC(C)(C)C(=O)CC(CC(C)(C)C(=O)C(CC(=O)NCCOC)CC(C)(C)C(=O)CC(CC)C(=O)NCCOC)C(=O)NCC(CC)CC)C(=O)N(C)CCN(C)CCN(C)C. The highest BCUT2D eigenvalue weighted by molar-refractivity contribution is 5.97. The maximum Gasteiger partial charge on any atom is 0.225 e. The molecule has 109 heavy (non-hydrogen) atoms. The van der Waals surface area contributed by atoms with Gasteiger partial charge in [0.1, 0.15) is 28.9 Å². The number of Topliss-reactive ketones (excluding diaryl/α,β-unsaturated/α-hetero) is 5. The zero-order valence-corrected chi connectivity index (χ0v) is 73.4. The predicted molar refractivity (Wildman–Crippen MR) is 435 cm³/mol. The van der Waals surface area contributed by atoms with Crippen LogP contribution in [0, 0.1) is 74.4 Å². The van der Waals surface area contributed by atoms with Crippen molar-refractivity contribution in [3.05, 3.63) is 0 Å². The maximum atomic E-state index is 16.0. The van der Waals surface area contributed by atoms with Crippen molar-refractivity contribution in [1.82, 2.24) is 56.0 Å². The van der Waals surface area contributed by atoms with Gasteiger partial charge < -0.3 is 65.5 Å². The summed E-state index contributed by atoms with van der Waals surface area (Å²) in [6, 6.07) is 0. The minimum Gasteiger partial charge on any atom is -0.383 e. The Hall–Kier alpha value is -5.60. The molecular formula is C84H157N11O14. The lowest BCUT2D eigenvalue weighted by Gasteiger charge is -2.37. The van der Waals surface area contributed by atoms with Crippen molar-refractivity contribution in [2.24, 2.45) is 74.4 Å². The second-order valence-electron chi connectivity index (χ2n) is 35.2. The molecule has 632 valence electrons. The monoisotopic (exact) mass is 1540 g/mol. The van der Waals surface area contributed by atoms with Gasteiger partial charge in [0.25, 0.3) is 0 Å². The quantitative estimate of drug-likeness (QED) is 0.0355. The predicted octanol–water partition coefficient (Wildman–Crippen LogP) is 8.81. The van der Waals surface area contributed by atoms with Gasteiger partial charge in [-0.05, 0) is 99.1 Å². The number of methoxy groups -OCH3 is 2. The number of nitrogens with one attached hydrogen (secondary N) is 5. The van der Waals surface area contributed by atoms with Crippen LogP contribution in [0.5, 0.6) is 0 Å². The minimum atomic E-state index is -1.42. The van der Waals surface area contributed by atoms with Crippen molar-refractivity contribution < 1.29 is 67.0 Å². The van der Waals surface area contributed by atoms with Gasteiger partial charge in [0.05, 0.1) is 13.2 Å². The number of ketones is 5. The normalized spacial score (nSPS) is 14.1. The Morgan fingerprint density at radius 3 is 1.10 bits per heavy atom. The van der Waals surface area contributed by atoms with Gasteiger partial charge in [0.2, 0.25) is 41.4 Å². The standard InChI is InChI=1S/C84H157N11O14/c1-27-33-34-86-77(105)66(52-73(101)94(23)43-41-92(21)39-37-90(17)18)55-82(11,12)70(98)49-67(79(107)95(24)44-42-93(22)40-38-91(19)20)57-84(15,16)75(103)64(51-72(100)88-58-60(28-2)29-3)54-81(9,10)69(97)48-65(78(106)89-59-61(30-4)31-5)56-83(13,14)74(102)63(50-71(99)85-35-45-108-25)53-80(7,8)68(96)47-62(32-6)76(104)87-36-46-109-26/h60-67H,27-59H2,1-26H3,(H,85,99)(H,86,105)(H,87,104)(H,88,100)(H,89,106). The van der Waals surface area contributed by atoms with E-state index < -0.39 is 97.7 Å². The van der Waals surface area contributed by atoms with Gasteiger partial charge in [0, 0.05) is 215 Å². The molecule has 0 bridgehead atoms. The van der Waals surface area contributed by atoms with Gasteiger partial charge in [-0.15, -0.1) is 0 Å². The van der Waals surface area contributed by atoms with Crippen molar-refractivity contribution >= 4 is 70.3 Å². The van der Waals surface area contributed by atoms with Crippen molar-refractivity contribution in [3.8, 4) is 0 Å². The third-order valence-corrected chi connectivity index (χ3v) is 22.5. The average molecular weight is 1550 g/mol. The lowest BCUT2D eigenvalue weighted by molar-refractivity contribution is -0.144. The molecule has 0 rings (SSSR count). The number of carbonyl (C=O) groups is 12. The number of rotatable bonds is 63. The Bertz CT molecular complexity index is 2800. The third-order valence-electron chi connectivity index (χ3n) is 22.5. The summed E-state index contributed by atoms with van der Waals surface area (Å²) in [5.41, 5.74) is -6.64. The molecule has 0 saturated heterocycles. The molecule has 0 saturated carbocycles. The van der Waals surface area contributed by atoms with Crippen LogP contribution in [0.15, 0.2) is 0 Å². The summed E-state index contributed by atoms with van der Waals surface area (Å²) in [5, 5.41) is 14.8. The Morgan fingerprint density at radius 1 is 0.339 bits per heavy atom. The van der Waals surface area contributed by atoms with E-state index >= 15 is 24.0 Å². The Morgan fingerprint density at radius 2 is 0.679 bits per heavy atom. The van der Waals surface area contributed by atoms with Gasteiger partial charge >= 0.3 is 0 Å². The van der Waals surface area contributed by atoms with Crippen LogP contribution in [0.3, 0.4) is 0 Å². The first-order valence-corrected chi connectivity index (χ1v) is 40.9. The number of ether oxygens (including phenoxy) is 2. The number of hydrogen-bond donors (Lipinski definition) is 5. The fourth-order valence-electron chi connectivity index (χ4n) is 14.1. The van der Waals surface area contributed by atoms with Crippen LogP contribution in [0.25, 0.3) is 0 Å². The van der Waals surface area contributed by atoms with Crippen LogP contribution in [0.4, 0.5) is 0 Å². The minimum absolute atomic E-state index is 0.00238. The summed E-state index contributed by atoms with van der Waals surface area (Å²) in [6.07, 6.45) is 3.04. The molecule has 0 aliphatic carbocycles. The lowest BCUT2D eigenvalue weighted by atomic mass is 9.66. The molecule has 0 aliphatic rings. The highest BCUT2D eigenvalue weighted by Crippen LogP contribution is 2.43. The average Bonchev–Trinajstić information content (AvgIpc) is 0.799. The first-order valence-electron chi connectivity index (χ1n) is 40.9. The summed E-state index contributed by atoms with van der Waals surface area (Å²) < 4.78 is 10.3. The van der Waals surface area contributed by atoms with E-state index in [1.165, 1.54) is 14.2 Å². The van der Waals surface area contributed by atoms with E-state index in [0.717, 1.165) is 64.7 Å². The molecular weight excluding hydrogens is 1390 g/mol. The first-order chi connectivity index (χ1) is 50.7. The Balaban J connectivity index is 8.11. The fourth-order valence-corrected chi connectivity index (χ4v) is 14.1. The molecule has 0 spiro atoms. The van der Waals surface area contributed by atoms with E-state index in [1.54, 1.807) is 93.1 Å². The van der Waals surface area contributed by atoms with Gasteiger partial charge in [-0.3, -0.25) is 57.5 Å². The highest BCUT2D eigenvalue weighted by atomic mass is 16.5. The molecule has 0 aromatic carbocycles. The Labute approximate surface area is 660 Å². The van der Waals surface area contributed by atoms with E-state index in [-0.39, 0.29) is 137 Å². The molecule has 0 aromatic heterocycles. The smallest absolute Gasteiger partial charge is 0.225 e. The van der Waals surface area contributed by atoms with Crippen LogP contribution < -0.4 is 26.6 Å². The number of hydrogen-bond acceptors (Lipinski definition) is 18. The fraction of sp³-hybridized carbons (Fsp3) is 0.857. The van der Waals surface area contributed by atoms with Crippen molar-refractivity contribution in [2.75, 3.05) is 169 Å². The number of amides is 7. The largest absolute Gasteiger partial charge is 0.383 e. The van der Waals surface area contributed by atoms with E-state index in [0.29, 0.717) is 58.8 Å². The zero-order valence-electron chi connectivity index (χ0n) is 73.4. The summed E-state index contributed by atoms with van der Waals surface area (Å²) in [7, 11) is 18.4. The molecule has 0 heterocycles. The number of carbonyl (C=O) groups excluding carboxylic acids is 12. The molecule has 6 unspecified atom stereocenters. The lowest BCUT2D eigenvalue weighted by Crippen LogP contribution is -2.45. The highest BCUT2D eigenvalue weighted by Gasteiger charge is 2.47. The third kappa shape index (κ3) is 40.1. The number of unbranched alkanes of at least 4 members (excludes halogenated alkanes) is 1. The molecule has 0 aliphatic heterocycles. The molecule has 25 nitrogen and oxygen atoms in total. The molecule has 7 amide bonds. The molecule has 0 aromatic rings. The van der Waals surface area contributed by atoms with E-state index in [1.807, 2.05) is 83.8 Å². The van der Waals surface area contributed by atoms with Crippen LogP contribution in [0.2, 0.25) is 0 Å². The van der Waals surface area contributed by atoms with Crippen molar-refractivity contribution in [3.63, 3.8) is 0 Å². The van der Waals surface area contributed by atoms with Gasteiger partial charge in [-0.1, -0.05) is 143 Å². The summed E-state index contributed by atoms with van der Waals surface area (Å²) in [6.45, 7) is 36.0. The zero-order chi connectivity index (χ0) is 83.8. The topological polar surface area (TPSA) is 303 Å². The first kappa shape index (κ1) is 103. The van der Waals surface area contributed by atoms with E-state index in [9.17, 15) is 33.6 Å². The molecule has 0 radical (unpaired) electrons. The van der Waals surface area contributed by atoms with Crippen LogP contribution >= 0.6 is 0 Å². The van der Waals surface area contributed by atoms with Crippen molar-refractivity contribution in [1.29, 1.82) is 0 Å². The van der Waals surface area contributed by atoms with Crippen molar-refractivity contribution in [2.45, 2.75) is 226 Å². The maximum absolute atomic E-state index is 16.0. The van der Waals surface area contributed by atoms with Crippen LogP contribution in [-0.2, 0) is 67.0 Å². The van der Waals surface area contributed by atoms with Crippen LogP contribution in [-0.4, -0.2) is 269 Å². The van der Waals surface area contributed by atoms with E-state index in [4.69, 9.17) is 9.47 Å².